The molecule has 0 aromatic carbocycles. The molecule has 4 nitrogen and oxygen atoms in total. The summed E-state index contributed by atoms with van der Waals surface area (Å²) in [5.74, 6) is 1.72. The molecule has 0 saturated carbocycles. The van der Waals surface area contributed by atoms with Gasteiger partial charge >= 0.3 is 0 Å². The van der Waals surface area contributed by atoms with Crippen LogP contribution in [0.4, 0.5) is 5.82 Å². The molecule has 0 fully saturated rings. The Balaban J connectivity index is 2.44. The Morgan fingerprint density at radius 1 is 1.10 bits per heavy atom. The van der Waals surface area contributed by atoms with Crippen molar-refractivity contribution < 1.29 is 0 Å². The highest BCUT2D eigenvalue weighted by atomic mass is 127. The third kappa shape index (κ3) is 3.65. The third-order valence-electron chi connectivity index (χ3n) is 2.89. The molecule has 0 atom stereocenters. The lowest BCUT2D eigenvalue weighted by Gasteiger charge is -2.12. The summed E-state index contributed by atoms with van der Waals surface area (Å²) < 4.78 is 1.13. The second-order valence-corrected chi connectivity index (χ2v) is 5.65. The minimum absolute atomic E-state index is 0.773. The van der Waals surface area contributed by atoms with Gasteiger partial charge in [-0.3, -0.25) is 4.98 Å². The van der Waals surface area contributed by atoms with Gasteiger partial charge in [-0.1, -0.05) is 20.3 Å². The second kappa shape index (κ2) is 7.52. The van der Waals surface area contributed by atoms with Crippen LogP contribution in [0.5, 0.6) is 0 Å². The molecule has 2 aromatic heterocycles. The van der Waals surface area contributed by atoms with Crippen molar-refractivity contribution in [3.8, 4) is 11.4 Å². The monoisotopic (exact) mass is 382 g/mol. The first-order valence-corrected chi connectivity index (χ1v) is 8.04. The molecule has 0 spiro atoms. The highest BCUT2D eigenvalue weighted by Crippen LogP contribution is 2.24. The van der Waals surface area contributed by atoms with Crippen molar-refractivity contribution in [2.75, 3.05) is 11.9 Å². The van der Waals surface area contributed by atoms with Gasteiger partial charge in [0.1, 0.15) is 5.82 Å². The first kappa shape index (κ1) is 15.2. The molecule has 0 saturated heterocycles. The topological polar surface area (TPSA) is 50.7 Å². The zero-order chi connectivity index (χ0) is 14.4. The number of halogens is 1. The van der Waals surface area contributed by atoms with Gasteiger partial charge in [0.2, 0.25) is 0 Å². The maximum atomic E-state index is 4.71. The van der Waals surface area contributed by atoms with Gasteiger partial charge in [-0.25, -0.2) is 9.97 Å². The number of pyridine rings is 1. The van der Waals surface area contributed by atoms with E-state index in [2.05, 4.69) is 51.7 Å². The highest BCUT2D eigenvalue weighted by Gasteiger charge is 2.12. The molecule has 0 aliphatic heterocycles. The van der Waals surface area contributed by atoms with Crippen LogP contribution in [0.1, 0.15) is 32.4 Å². The largest absolute Gasteiger partial charge is 0.369 e. The van der Waals surface area contributed by atoms with Crippen LogP contribution in [0.3, 0.4) is 0 Å². The van der Waals surface area contributed by atoms with E-state index in [4.69, 9.17) is 4.98 Å². The van der Waals surface area contributed by atoms with Crippen LogP contribution in [-0.2, 0) is 6.42 Å². The van der Waals surface area contributed by atoms with Gasteiger partial charge in [-0.15, -0.1) is 0 Å². The number of aryl methyl sites for hydroxylation is 1. The van der Waals surface area contributed by atoms with Crippen molar-refractivity contribution in [1.82, 2.24) is 15.0 Å². The summed E-state index contributed by atoms with van der Waals surface area (Å²) in [6.45, 7) is 5.25. The molecule has 2 aromatic rings. The summed E-state index contributed by atoms with van der Waals surface area (Å²) in [4.78, 5) is 13.4. The molecule has 0 amide bonds. The molecule has 5 heteroatoms. The average molecular weight is 382 g/mol. The molecule has 0 radical (unpaired) electrons. The molecule has 0 aliphatic carbocycles. The molecule has 1 N–H and O–H groups in total. The van der Waals surface area contributed by atoms with Gasteiger partial charge in [-0.05, 0) is 47.6 Å². The number of hydrogen-bond acceptors (Lipinski definition) is 4. The summed E-state index contributed by atoms with van der Waals surface area (Å²) in [5.41, 5.74) is 2.13. The van der Waals surface area contributed by atoms with E-state index in [0.717, 1.165) is 52.3 Å². The molecule has 2 heterocycles. The predicted octanol–water partition coefficient (Wildman–Crippen LogP) is 3.92. The van der Waals surface area contributed by atoms with Gasteiger partial charge in [-0.2, -0.15) is 0 Å². The first-order chi connectivity index (χ1) is 9.76. The highest BCUT2D eigenvalue weighted by molar-refractivity contribution is 14.1. The lowest BCUT2D eigenvalue weighted by atomic mass is 10.2. The standard InChI is InChI=1S/C15H19IN4/c1-3-5-12-13(16)15(18-8-4-2)20-14(19-12)11-6-9-17-10-7-11/h6-7,9-10H,3-5,8H2,1-2H3,(H,18,19,20). The molecule has 2 rings (SSSR count). The average Bonchev–Trinajstić information content (AvgIpc) is 2.49. The van der Waals surface area contributed by atoms with E-state index in [1.165, 1.54) is 0 Å². The summed E-state index contributed by atoms with van der Waals surface area (Å²) in [7, 11) is 0. The Morgan fingerprint density at radius 3 is 2.50 bits per heavy atom. The van der Waals surface area contributed by atoms with Crippen LogP contribution in [0.15, 0.2) is 24.5 Å². The second-order valence-electron chi connectivity index (χ2n) is 4.57. The SMILES string of the molecule is CCCNc1nc(-c2ccncc2)nc(CCC)c1I. The predicted molar refractivity (Wildman–Crippen MR) is 90.8 cm³/mol. The van der Waals surface area contributed by atoms with E-state index in [1.807, 2.05) is 12.1 Å². The van der Waals surface area contributed by atoms with E-state index in [-0.39, 0.29) is 0 Å². The summed E-state index contributed by atoms with van der Waals surface area (Å²) >= 11 is 2.34. The van der Waals surface area contributed by atoms with Gasteiger partial charge in [0, 0.05) is 24.5 Å². The van der Waals surface area contributed by atoms with E-state index < -0.39 is 0 Å². The van der Waals surface area contributed by atoms with E-state index in [0.29, 0.717) is 0 Å². The zero-order valence-electron chi connectivity index (χ0n) is 11.9. The lowest BCUT2D eigenvalue weighted by molar-refractivity contribution is 0.864. The van der Waals surface area contributed by atoms with Gasteiger partial charge in [0.15, 0.2) is 5.82 Å². The van der Waals surface area contributed by atoms with Crippen molar-refractivity contribution in [3.05, 3.63) is 33.8 Å². The van der Waals surface area contributed by atoms with E-state index in [1.54, 1.807) is 12.4 Å². The lowest BCUT2D eigenvalue weighted by Crippen LogP contribution is -2.09. The number of nitrogens with one attached hydrogen (secondary N) is 1. The van der Waals surface area contributed by atoms with Crippen LogP contribution in [-0.4, -0.2) is 21.5 Å². The van der Waals surface area contributed by atoms with E-state index in [9.17, 15) is 0 Å². The maximum Gasteiger partial charge on any atom is 0.161 e. The van der Waals surface area contributed by atoms with Crippen molar-refractivity contribution in [2.24, 2.45) is 0 Å². The quantitative estimate of drug-likeness (QED) is 0.770. The minimum atomic E-state index is 0.773. The Morgan fingerprint density at radius 2 is 1.85 bits per heavy atom. The van der Waals surface area contributed by atoms with Crippen molar-refractivity contribution in [1.29, 1.82) is 0 Å². The Labute approximate surface area is 133 Å². The summed E-state index contributed by atoms with van der Waals surface area (Å²) in [6, 6.07) is 3.89. The minimum Gasteiger partial charge on any atom is -0.369 e. The van der Waals surface area contributed by atoms with E-state index >= 15 is 0 Å². The third-order valence-corrected chi connectivity index (χ3v) is 4.02. The smallest absolute Gasteiger partial charge is 0.161 e. The number of nitrogens with zero attached hydrogens (tertiary/aromatic N) is 3. The number of hydrogen-bond donors (Lipinski definition) is 1. The summed E-state index contributed by atoms with van der Waals surface area (Å²) in [6.07, 6.45) is 6.67. The normalized spacial score (nSPS) is 10.6. The zero-order valence-corrected chi connectivity index (χ0v) is 14.0. The fourth-order valence-electron chi connectivity index (χ4n) is 1.89. The fraction of sp³-hybridized carbons (Fsp3) is 0.400. The molecule has 0 unspecified atom stereocenters. The van der Waals surface area contributed by atoms with Gasteiger partial charge in [0.05, 0.1) is 9.26 Å². The van der Waals surface area contributed by atoms with Crippen LogP contribution in [0.2, 0.25) is 0 Å². The fourth-order valence-corrected chi connectivity index (χ4v) is 2.59. The van der Waals surface area contributed by atoms with Crippen LogP contribution in [0, 0.1) is 3.57 Å². The Bertz CT molecular complexity index is 557. The van der Waals surface area contributed by atoms with Gasteiger partial charge in [0.25, 0.3) is 0 Å². The summed E-state index contributed by atoms with van der Waals surface area (Å²) in [5, 5.41) is 3.40. The number of rotatable bonds is 6. The Hall–Kier alpha value is -1.24. The molecular formula is C15H19IN4. The van der Waals surface area contributed by atoms with Crippen molar-refractivity contribution in [3.63, 3.8) is 0 Å². The maximum absolute atomic E-state index is 4.71. The van der Waals surface area contributed by atoms with Crippen molar-refractivity contribution in [2.45, 2.75) is 33.1 Å². The van der Waals surface area contributed by atoms with Gasteiger partial charge < -0.3 is 5.32 Å². The Kier molecular flexibility index (Phi) is 5.70. The van der Waals surface area contributed by atoms with Crippen molar-refractivity contribution >= 4 is 28.4 Å². The van der Waals surface area contributed by atoms with Crippen LogP contribution in [0.25, 0.3) is 11.4 Å². The first-order valence-electron chi connectivity index (χ1n) is 6.97. The molecule has 0 aliphatic rings. The molecular weight excluding hydrogens is 363 g/mol. The number of anilines is 1. The molecule has 0 bridgehead atoms. The molecule has 20 heavy (non-hydrogen) atoms. The molecule has 106 valence electrons. The number of aromatic nitrogens is 3. The van der Waals surface area contributed by atoms with Crippen LogP contribution < -0.4 is 5.32 Å². The van der Waals surface area contributed by atoms with Crippen LogP contribution >= 0.6 is 22.6 Å².